The summed E-state index contributed by atoms with van der Waals surface area (Å²) in [4.78, 5) is 11.0. The number of nitrogens with one attached hydrogen (secondary N) is 1. The van der Waals surface area contributed by atoms with Gasteiger partial charge in [-0.1, -0.05) is 35.5 Å². The third kappa shape index (κ3) is 3.53. The van der Waals surface area contributed by atoms with E-state index in [4.69, 9.17) is 16.0 Å². The number of hydrogen-bond acceptors (Lipinski definition) is 5. The molecule has 1 N–H and O–H groups in total. The van der Waals surface area contributed by atoms with Gasteiger partial charge in [0, 0.05) is 10.6 Å². The molecule has 0 bridgehead atoms. The molecule has 1 fully saturated rings. The molecule has 1 aromatic heterocycles. The molecule has 0 atom stereocenters. The zero-order valence-corrected chi connectivity index (χ0v) is 12.3. The minimum Gasteiger partial charge on any atom is -0.455 e. The van der Waals surface area contributed by atoms with Gasteiger partial charge in [0.05, 0.1) is 12.0 Å². The fraction of sp³-hybridized carbons (Fsp3) is 0.0714. The SMILES string of the molecule is O=C1CS/C(=N/N=C/c2ccc(-c3cccc(Cl)c3)o2)N1. The monoisotopic (exact) mass is 319 g/mol. The van der Waals surface area contributed by atoms with Gasteiger partial charge in [0.25, 0.3) is 0 Å². The summed E-state index contributed by atoms with van der Waals surface area (Å²) in [7, 11) is 0. The molecule has 0 aliphatic carbocycles. The van der Waals surface area contributed by atoms with Crippen LogP contribution in [0.3, 0.4) is 0 Å². The summed E-state index contributed by atoms with van der Waals surface area (Å²) in [6, 6.07) is 11.0. The second-order valence-corrected chi connectivity index (χ2v) is 5.60. The first-order valence-electron chi connectivity index (χ1n) is 6.10. The van der Waals surface area contributed by atoms with Crippen LogP contribution in [0.4, 0.5) is 0 Å². The van der Waals surface area contributed by atoms with Crippen LogP contribution in [-0.2, 0) is 4.79 Å². The Morgan fingerprint density at radius 1 is 1.33 bits per heavy atom. The lowest BCUT2D eigenvalue weighted by Crippen LogP contribution is -2.19. The quantitative estimate of drug-likeness (QED) is 0.698. The number of amidine groups is 1. The predicted molar refractivity (Wildman–Crippen MR) is 84.8 cm³/mol. The molecule has 0 radical (unpaired) electrons. The normalized spacial score (nSPS) is 16.8. The van der Waals surface area contributed by atoms with E-state index in [0.717, 1.165) is 5.56 Å². The molecule has 5 nitrogen and oxygen atoms in total. The van der Waals surface area contributed by atoms with E-state index >= 15 is 0 Å². The van der Waals surface area contributed by atoms with Crippen LogP contribution in [0, 0.1) is 0 Å². The Morgan fingerprint density at radius 3 is 3.00 bits per heavy atom. The fourth-order valence-corrected chi connectivity index (χ4v) is 2.56. The van der Waals surface area contributed by atoms with Gasteiger partial charge >= 0.3 is 0 Å². The highest BCUT2D eigenvalue weighted by molar-refractivity contribution is 8.15. The molecule has 1 saturated heterocycles. The first kappa shape index (κ1) is 13.9. The predicted octanol–water partition coefficient (Wildman–Crippen LogP) is 3.15. The van der Waals surface area contributed by atoms with E-state index in [9.17, 15) is 4.79 Å². The average molecular weight is 320 g/mol. The Balaban J connectivity index is 1.72. The van der Waals surface area contributed by atoms with Crippen molar-refractivity contribution in [3.8, 4) is 11.3 Å². The highest BCUT2D eigenvalue weighted by atomic mass is 35.5. The summed E-state index contributed by atoms with van der Waals surface area (Å²) in [5.41, 5.74) is 0.895. The Kier molecular flexibility index (Phi) is 4.08. The van der Waals surface area contributed by atoms with E-state index in [1.807, 2.05) is 24.3 Å². The summed E-state index contributed by atoms with van der Waals surface area (Å²) in [5, 5.41) is 11.5. The van der Waals surface area contributed by atoms with Gasteiger partial charge in [-0.2, -0.15) is 5.10 Å². The van der Waals surface area contributed by atoms with Crippen molar-refractivity contribution in [1.82, 2.24) is 5.32 Å². The first-order valence-corrected chi connectivity index (χ1v) is 7.46. The first-order chi connectivity index (χ1) is 10.2. The number of thioether (sulfide) groups is 1. The Bertz CT molecular complexity index is 739. The average Bonchev–Trinajstić information content (AvgIpc) is 3.08. The highest BCUT2D eigenvalue weighted by Crippen LogP contribution is 2.24. The lowest BCUT2D eigenvalue weighted by Gasteiger charge is -1.96. The number of furan rings is 1. The van der Waals surface area contributed by atoms with E-state index in [1.54, 1.807) is 12.1 Å². The largest absolute Gasteiger partial charge is 0.455 e. The highest BCUT2D eigenvalue weighted by Gasteiger charge is 2.15. The Morgan fingerprint density at radius 2 is 2.24 bits per heavy atom. The van der Waals surface area contributed by atoms with Crippen LogP contribution >= 0.6 is 23.4 Å². The minimum atomic E-state index is -0.0600. The summed E-state index contributed by atoms with van der Waals surface area (Å²) in [5.74, 6) is 1.60. The molecule has 7 heteroatoms. The van der Waals surface area contributed by atoms with E-state index in [-0.39, 0.29) is 5.91 Å². The maximum atomic E-state index is 11.0. The van der Waals surface area contributed by atoms with Gasteiger partial charge in [-0.05, 0) is 24.3 Å². The molecule has 1 aromatic carbocycles. The van der Waals surface area contributed by atoms with E-state index < -0.39 is 0 Å². The summed E-state index contributed by atoms with van der Waals surface area (Å²) >= 11 is 7.27. The van der Waals surface area contributed by atoms with Gasteiger partial charge in [0.2, 0.25) is 5.91 Å². The summed E-state index contributed by atoms with van der Waals surface area (Å²) < 4.78 is 5.64. The number of nitrogens with zero attached hydrogens (tertiary/aromatic N) is 2. The smallest absolute Gasteiger partial charge is 0.236 e. The molecule has 1 aliphatic heterocycles. The van der Waals surface area contributed by atoms with Crippen LogP contribution in [0.2, 0.25) is 5.02 Å². The topological polar surface area (TPSA) is 67.0 Å². The lowest BCUT2D eigenvalue weighted by atomic mass is 10.2. The van der Waals surface area contributed by atoms with Crippen LogP contribution in [0.5, 0.6) is 0 Å². The molecule has 0 spiro atoms. The van der Waals surface area contributed by atoms with Gasteiger partial charge in [0.1, 0.15) is 11.5 Å². The molecular weight excluding hydrogens is 310 g/mol. The third-order valence-corrected chi connectivity index (χ3v) is 3.75. The molecule has 1 amide bonds. The van der Waals surface area contributed by atoms with Crippen molar-refractivity contribution in [2.24, 2.45) is 10.2 Å². The zero-order chi connectivity index (χ0) is 14.7. The van der Waals surface area contributed by atoms with Crippen LogP contribution < -0.4 is 5.32 Å². The molecule has 2 heterocycles. The van der Waals surface area contributed by atoms with Gasteiger partial charge in [-0.15, -0.1) is 5.10 Å². The Hall–Kier alpha value is -2.05. The minimum absolute atomic E-state index is 0.0600. The number of carbonyl (C=O) groups is 1. The number of hydrogen-bond donors (Lipinski definition) is 1. The Labute approximate surface area is 130 Å². The summed E-state index contributed by atoms with van der Waals surface area (Å²) in [6.07, 6.45) is 1.49. The number of carbonyl (C=O) groups excluding carboxylic acids is 1. The van der Waals surface area contributed by atoms with E-state index in [2.05, 4.69) is 15.5 Å². The number of rotatable bonds is 3. The zero-order valence-electron chi connectivity index (χ0n) is 10.7. The number of benzene rings is 1. The van der Waals surface area contributed by atoms with Gasteiger partial charge < -0.3 is 9.73 Å². The van der Waals surface area contributed by atoms with Crippen molar-refractivity contribution in [2.45, 2.75) is 0 Å². The lowest BCUT2D eigenvalue weighted by molar-refractivity contribution is -0.116. The van der Waals surface area contributed by atoms with Crippen LogP contribution in [-0.4, -0.2) is 23.0 Å². The number of amides is 1. The summed E-state index contributed by atoms with van der Waals surface area (Å²) in [6.45, 7) is 0. The molecule has 3 rings (SSSR count). The standard InChI is InChI=1S/C14H10ClN3O2S/c15-10-3-1-2-9(6-10)12-5-4-11(20-12)7-16-18-14-17-13(19)8-21-14/h1-7H,8H2,(H,17,18,19)/b16-7+. The van der Waals surface area contributed by atoms with Crippen LogP contribution in [0.1, 0.15) is 5.76 Å². The van der Waals surface area contributed by atoms with Gasteiger partial charge in [-0.25, -0.2) is 0 Å². The fourth-order valence-electron chi connectivity index (χ4n) is 1.74. The number of halogens is 1. The van der Waals surface area contributed by atoms with Crippen molar-refractivity contribution in [3.05, 3.63) is 47.2 Å². The van der Waals surface area contributed by atoms with Gasteiger partial charge in [-0.3, -0.25) is 4.79 Å². The second kappa shape index (κ2) is 6.15. The maximum absolute atomic E-state index is 11.0. The van der Waals surface area contributed by atoms with Crippen LogP contribution in [0.15, 0.2) is 51.0 Å². The molecule has 106 valence electrons. The molecule has 2 aromatic rings. The maximum Gasteiger partial charge on any atom is 0.236 e. The van der Waals surface area contributed by atoms with Crippen molar-refractivity contribution >= 4 is 40.7 Å². The molecule has 21 heavy (non-hydrogen) atoms. The molecule has 1 aliphatic rings. The van der Waals surface area contributed by atoms with Crippen molar-refractivity contribution in [2.75, 3.05) is 5.75 Å². The van der Waals surface area contributed by atoms with Crippen molar-refractivity contribution in [3.63, 3.8) is 0 Å². The molecular formula is C14H10ClN3O2S. The van der Waals surface area contributed by atoms with E-state index in [0.29, 0.717) is 27.5 Å². The second-order valence-electron chi connectivity index (χ2n) is 4.20. The molecule has 0 unspecified atom stereocenters. The molecule has 0 saturated carbocycles. The van der Waals surface area contributed by atoms with E-state index in [1.165, 1.54) is 18.0 Å². The van der Waals surface area contributed by atoms with Gasteiger partial charge in [0.15, 0.2) is 5.17 Å². The van der Waals surface area contributed by atoms with Crippen molar-refractivity contribution in [1.29, 1.82) is 0 Å². The van der Waals surface area contributed by atoms with Crippen molar-refractivity contribution < 1.29 is 9.21 Å². The van der Waals surface area contributed by atoms with Crippen LogP contribution in [0.25, 0.3) is 11.3 Å². The third-order valence-electron chi connectivity index (χ3n) is 2.66.